The molecular weight excluding hydrogens is 204 g/mol. The Kier molecular flexibility index (Phi) is 10.1. The van der Waals surface area contributed by atoms with E-state index in [0.29, 0.717) is 13.0 Å². The average Bonchev–Trinajstić information content (AvgIpc) is 2.24. The van der Waals surface area contributed by atoms with Crippen molar-refractivity contribution in [2.24, 2.45) is 0 Å². The van der Waals surface area contributed by atoms with Crippen molar-refractivity contribution in [2.45, 2.75) is 18.6 Å². The zero-order valence-corrected chi connectivity index (χ0v) is 8.71. The van der Waals surface area contributed by atoms with Gasteiger partial charge in [-0.2, -0.15) is 0 Å². The zero-order chi connectivity index (χ0) is 11.5. The molecule has 2 unspecified atom stereocenters. The lowest BCUT2D eigenvalue weighted by Crippen LogP contribution is -2.26. The van der Waals surface area contributed by atoms with E-state index in [2.05, 4.69) is 0 Å². The summed E-state index contributed by atoms with van der Waals surface area (Å²) in [4.78, 5) is 0. The van der Waals surface area contributed by atoms with E-state index in [1.807, 2.05) is 0 Å². The van der Waals surface area contributed by atoms with E-state index in [0.717, 1.165) is 0 Å². The first-order valence-corrected chi connectivity index (χ1v) is 4.94. The Bertz CT molecular complexity index is 132. The lowest BCUT2D eigenvalue weighted by molar-refractivity contribution is -0.0487. The van der Waals surface area contributed by atoms with Crippen molar-refractivity contribution in [2.75, 3.05) is 39.6 Å². The summed E-state index contributed by atoms with van der Waals surface area (Å²) >= 11 is 0. The Morgan fingerprint density at radius 3 is 2.07 bits per heavy atom. The summed E-state index contributed by atoms with van der Waals surface area (Å²) in [5, 5.41) is 35.1. The number of hydrogen-bond donors (Lipinski definition) is 4. The summed E-state index contributed by atoms with van der Waals surface area (Å²) in [5.41, 5.74) is 0. The van der Waals surface area contributed by atoms with Crippen LogP contribution < -0.4 is 0 Å². The van der Waals surface area contributed by atoms with Gasteiger partial charge in [0.1, 0.15) is 12.2 Å². The van der Waals surface area contributed by atoms with Crippen LogP contribution in [0, 0.1) is 0 Å². The van der Waals surface area contributed by atoms with Crippen LogP contribution in [0.25, 0.3) is 0 Å². The molecule has 6 heteroatoms. The second-order valence-corrected chi connectivity index (χ2v) is 3.18. The van der Waals surface area contributed by atoms with Crippen molar-refractivity contribution >= 4 is 0 Å². The Morgan fingerprint density at radius 1 is 0.867 bits per heavy atom. The van der Waals surface area contributed by atoms with Gasteiger partial charge in [-0.3, -0.25) is 0 Å². The summed E-state index contributed by atoms with van der Waals surface area (Å²) in [6.07, 6.45) is -1.13. The van der Waals surface area contributed by atoms with Crippen molar-refractivity contribution in [3.8, 4) is 0 Å². The van der Waals surface area contributed by atoms with Crippen molar-refractivity contribution in [1.29, 1.82) is 0 Å². The minimum atomic E-state index is -0.910. The maximum atomic E-state index is 9.28. The molecule has 0 aliphatic heterocycles. The molecule has 92 valence electrons. The van der Waals surface area contributed by atoms with Crippen LogP contribution in [0.3, 0.4) is 0 Å². The molecule has 0 aromatic rings. The quantitative estimate of drug-likeness (QED) is 0.324. The van der Waals surface area contributed by atoms with Crippen LogP contribution in [0.4, 0.5) is 0 Å². The van der Waals surface area contributed by atoms with Crippen LogP contribution in [0.1, 0.15) is 6.42 Å². The first-order valence-electron chi connectivity index (χ1n) is 4.94. The van der Waals surface area contributed by atoms with Gasteiger partial charge in [0.25, 0.3) is 0 Å². The Balaban J connectivity index is 3.21. The summed E-state index contributed by atoms with van der Waals surface area (Å²) in [7, 11) is 0. The maximum Gasteiger partial charge on any atom is 0.101 e. The third-order valence-corrected chi connectivity index (χ3v) is 1.59. The smallest absolute Gasteiger partial charge is 0.101 e. The molecule has 0 bridgehead atoms. The van der Waals surface area contributed by atoms with Crippen molar-refractivity contribution in [1.82, 2.24) is 0 Å². The normalized spacial score (nSPS) is 15.2. The molecule has 0 aliphatic rings. The van der Waals surface area contributed by atoms with Gasteiger partial charge >= 0.3 is 0 Å². The summed E-state index contributed by atoms with van der Waals surface area (Å²) in [5.74, 6) is 0. The van der Waals surface area contributed by atoms with Crippen LogP contribution in [0.5, 0.6) is 0 Å². The highest BCUT2D eigenvalue weighted by Crippen LogP contribution is 1.91. The van der Waals surface area contributed by atoms with Gasteiger partial charge in [-0.05, 0) is 6.42 Å². The van der Waals surface area contributed by atoms with Gasteiger partial charge in [-0.25, -0.2) is 0 Å². The topological polar surface area (TPSA) is 99.4 Å². The second kappa shape index (κ2) is 10.3. The Labute approximate surface area is 89.1 Å². The molecule has 15 heavy (non-hydrogen) atoms. The standard InChI is InChI=1S/C9H20O6/c10-2-1-3-14-6-9(13)7-15-5-8(12)4-11/h8-13H,1-7H2. The first-order chi connectivity index (χ1) is 7.20. The highest BCUT2D eigenvalue weighted by molar-refractivity contribution is 4.54. The van der Waals surface area contributed by atoms with E-state index in [4.69, 9.17) is 24.8 Å². The molecule has 2 atom stereocenters. The molecule has 6 nitrogen and oxygen atoms in total. The first kappa shape index (κ1) is 14.8. The van der Waals surface area contributed by atoms with Crippen LogP contribution in [-0.4, -0.2) is 72.3 Å². The highest BCUT2D eigenvalue weighted by Gasteiger charge is 2.06. The van der Waals surface area contributed by atoms with E-state index in [9.17, 15) is 5.11 Å². The Hall–Kier alpha value is -0.240. The number of aliphatic hydroxyl groups excluding tert-OH is 4. The molecule has 0 aromatic heterocycles. The molecule has 0 spiro atoms. The van der Waals surface area contributed by atoms with E-state index >= 15 is 0 Å². The van der Waals surface area contributed by atoms with Gasteiger partial charge < -0.3 is 29.9 Å². The van der Waals surface area contributed by atoms with Crippen LogP contribution in [0.2, 0.25) is 0 Å². The van der Waals surface area contributed by atoms with E-state index in [1.165, 1.54) is 0 Å². The SMILES string of the molecule is OCCCOCC(O)COCC(O)CO. The molecule has 0 heterocycles. The minimum Gasteiger partial charge on any atom is -0.396 e. The van der Waals surface area contributed by atoms with Gasteiger partial charge in [0, 0.05) is 13.2 Å². The van der Waals surface area contributed by atoms with Gasteiger partial charge in [0.2, 0.25) is 0 Å². The third-order valence-electron chi connectivity index (χ3n) is 1.59. The molecule has 4 N–H and O–H groups in total. The summed E-state index contributed by atoms with van der Waals surface area (Å²) in [6.45, 7) is 0.279. The Morgan fingerprint density at radius 2 is 1.47 bits per heavy atom. The predicted molar refractivity (Wildman–Crippen MR) is 52.4 cm³/mol. The third kappa shape index (κ3) is 10.1. The van der Waals surface area contributed by atoms with Crippen LogP contribution in [0.15, 0.2) is 0 Å². The number of hydrogen-bond acceptors (Lipinski definition) is 6. The molecular formula is C9H20O6. The molecule has 0 aromatic carbocycles. The average molecular weight is 224 g/mol. The van der Waals surface area contributed by atoms with E-state index in [1.54, 1.807) is 0 Å². The van der Waals surface area contributed by atoms with Crippen molar-refractivity contribution in [3.05, 3.63) is 0 Å². The lowest BCUT2D eigenvalue weighted by atomic mass is 10.4. The predicted octanol–water partition coefficient (Wildman–Crippen LogP) is -1.88. The number of aliphatic hydroxyl groups is 4. The second-order valence-electron chi connectivity index (χ2n) is 3.18. The van der Waals surface area contributed by atoms with Gasteiger partial charge in [0.05, 0.1) is 26.4 Å². The van der Waals surface area contributed by atoms with Crippen molar-refractivity contribution < 1.29 is 29.9 Å². The molecule has 0 amide bonds. The summed E-state index contributed by atoms with van der Waals surface area (Å²) in [6, 6.07) is 0. The largest absolute Gasteiger partial charge is 0.396 e. The molecule has 0 radical (unpaired) electrons. The summed E-state index contributed by atoms with van der Waals surface area (Å²) < 4.78 is 9.93. The van der Waals surface area contributed by atoms with E-state index < -0.39 is 12.2 Å². The fourth-order valence-electron chi connectivity index (χ4n) is 0.827. The molecule has 0 fully saturated rings. The fourth-order valence-corrected chi connectivity index (χ4v) is 0.827. The van der Waals surface area contributed by atoms with Gasteiger partial charge in [0.15, 0.2) is 0 Å². The zero-order valence-electron chi connectivity index (χ0n) is 8.71. The van der Waals surface area contributed by atoms with Gasteiger partial charge in [-0.15, -0.1) is 0 Å². The maximum absolute atomic E-state index is 9.28. The molecule has 0 saturated carbocycles. The lowest BCUT2D eigenvalue weighted by Gasteiger charge is -2.13. The minimum absolute atomic E-state index is 0.00972. The van der Waals surface area contributed by atoms with Gasteiger partial charge in [-0.1, -0.05) is 0 Å². The van der Waals surface area contributed by atoms with E-state index in [-0.39, 0.29) is 33.0 Å². The highest BCUT2D eigenvalue weighted by atomic mass is 16.5. The molecule has 0 saturated heterocycles. The number of ether oxygens (including phenoxy) is 2. The van der Waals surface area contributed by atoms with Crippen LogP contribution >= 0.6 is 0 Å². The molecule has 0 aliphatic carbocycles. The van der Waals surface area contributed by atoms with Crippen molar-refractivity contribution in [3.63, 3.8) is 0 Å². The van der Waals surface area contributed by atoms with Crippen LogP contribution in [-0.2, 0) is 9.47 Å². The monoisotopic (exact) mass is 224 g/mol. The number of rotatable bonds is 10. The molecule has 0 rings (SSSR count). The fraction of sp³-hybridized carbons (Fsp3) is 1.00.